The van der Waals surface area contributed by atoms with Gasteiger partial charge in [0.2, 0.25) is 0 Å². The van der Waals surface area contributed by atoms with Gasteiger partial charge in [-0.25, -0.2) is 4.79 Å². The highest BCUT2D eigenvalue weighted by molar-refractivity contribution is 6.32. The summed E-state index contributed by atoms with van der Waals surface area (Å²) in [5, 5.41) is 3.21. The van der Waals surface area contributed by atoms with E-state index in [0.29, 0.717) is 35.9 Å². The minimum Gasteiger partial charge on any atom is -0.406 e. The number of pyridine rings is 1. The number of nitrogens with zero attached hydrogens (tertiary/aromatic N) is 2. The van der Waals surface area contributed by atoms with Gasteiger partial charge in [-0.05, 0) is 48.4 Å². The number of amides is 2. The van der Waals surface area contributed by atoms with Crippen LogP contribution in [0.3, 0.4) is 0 Å². The first-order chi connectivity index (χ1) is 12.8. The molecule has 0 saturated heterocycles. The van der Waals surface area contributed by atoms with Crippen LogP contribution < -0.4 is 10.1 Å². The SMILES string of the molecule is O=C(Nc1ccc(OC(F)(F)F)cc1)N1CC=C(c2ncccc2Cl)CC1. The highest BCUT2D eigenvalue weighted by Gasteiger charge is 2.31. The van der Waals surface area contributed by atoms with Crippen LogP contribution in [0.4, 0.5) is 23.7 Å². The molecule has 0 saturated carbocycles. The predicted octanol–water partition coefficient (Wildman–Crippen LogP) is 4.95. The number of hydrogen-bond donors (Lipinski definition) is 1. The number of hydrogen-bond acceptors (Lipinski definition) is 3. The van der Waals surface area contributed by atoms with Crippen molar-refractivity contribution in [3.05, 3.63) is 59.4 Å². The Bertz CT molecular complexity index is 854. The summed E-state index contributed by atoms with van der Waals surface area (Å²) in [6, 6.07) is 8.13. The quantitative estimate of drug-likeness (QED) is 0.796. The number of anilines is 1. The van der Waals surface area contributed by atoms with Crippen molar-refractivity contribution < 1.29 is 22.7 Å². The van der Waals surface area contributed by atoms with E-state index in [9.17, 15) is 18.0 Å². The molecule has 0 aliphatic carbocycles. The highest BCUT2D eigenvalue weighted by atomic mass is 35.5. The molecule has 0 unspecified atom stereocenters. The Morgan fingerprint density at radius 2 is 1.96 bits per heavy atom. The number of carbonyl (C=O) groups excluding carboxylic acids is 1. The van der Waals surface area contributed by atoms with Gasteiger partial charge in [0.25, 0.3) is 0 Å². The molecule has 3 rings (SSSR count). The van der Waals surface area contributed by atoms with Crippen LogP contribution in [0.5, 0.6) is 5.75 Å². The average Bonchev–Trinajstić information content (AvgIpc) is 2.63. The Morgan fingerprint density at radius 1 is 1.22 bits per heavy atom. The number of ether oxygens (including phenoxy) is 1. The second-order valence-electron chi connectivity index (χ2n) is 5.76. The van der Waals surface area contributed by atoms with Crippen molar-refractivity contribution in [3.63, 3.8) is 0 Å². The van der Waals surface area contributed by atoms with Crippen molar-refractivity contribution >= 4 is 28.9 Å². The molecule has 27 heavy (non-hydrogen) atoms. The van der Waals surface area contributed by atoms with Crippen LogP contribution in [0.25, 0.3) is 5.57 Å². The molecule has 2 amide bonds. The molecule has 9 heteroatoms. The van der Waals surface area contributed by atoms with Gasteiger partial charge < -0.3 is 15.0 Å². The lowest BCUT2D eigenvalue weighted by Crippen LogP contribution is -2.37. The van der Waals surface area contributed by atoms with E-state index in [4.69, 9.17) is 11.6 Å². The number of urea groups is 1. The Hall–Kier alpha value is -2.74. The monoisotopic (exact) mass is 397 g/mol. The number of alkyl halides is 3. The topological polar surface area (TPSA) is 54.5 Å². The Morgan fingerprint density at radius 3 is 2.56 bits per heavy atom. The number of halogens is 4. The average molecular weight is 398 g/mol. The molecule has 1 aromatic heterocycles. The zero-order chi connectivity index (χ0) is 19.4. The first kappa shape index (κ1) is 19.0. The lowest BCUT2D eigenvalue weighted by Gasteiger charge is -2.26. The maximum absolute atomic E-state index is 12.3. The number of nitrogens with one attached hydrogen (secondary N) is 1. The van der Waals surface area contributed by atoms with Gasteiger partial charge in [-0.2, -0.15) is 0 Å². The second kappa shape index (κ2) is 7.87. The van der Waals surface area contributed by atoms with E-state index in [1.807, 2.05) is 6.08 Å². The molecule has 0 bridgehead atoms. The number of rotatable bonds is 3. The first-order valence-electron chi connectivity index (χ1n) is 8.03. The van der Waals surface area contributed by atoms with Gasteiger partial charge in [0.1, 0.15) is 5.75 Å². The molecule has 0 radical (unpaired) electrons. The van der Waals surface area contributed by atoms with Crippen molar-refractivity contribution in [2.24, 2.45) is 0 Å². The molecule has 1 aliphatic rings. The Labute approximate surface area is 158 Å². The third-order valence-electron chi connectivity index (χ3n) is 3.90. The molecule has 2 heterocycles. The van der Waals surface area contributed by atoms with E-state index in [1.165, 1.54) is 12.1 Å². The summed E-state index contributed by atoms with van der Waals surface area (Å²) in [6.07, 6.45) is -0.605. The van der Waals surface area contributed by atoms with Crippen LogP contribution in [-0.4, -0.2) is 35.4 Å². The smallest absolute Gasteiger partial charge is 0.406 e. The fraction of sp³-hybridized carbons (Fsp3) is 0.222. The second-order valence-corrected chi connectivity index (χ2v) is 6.17. The van der Waals surface area contributed by atoms with Crippen LogP contribution in [0.1, 0.15) is 12.1 Å². The van der Waals surface area contributed by atoms with Gasteiger partial charge >= 0.3 is 12.4 Å². The third kappa shape index (κ3) is 5.13. The molecule has 1 N–H and O–H groups in total. The molecule has 0 spiro atoms. The lowest BCUT2D eigenvalue weighted by molar-refractivity contribution is -0.274. The van der Waals surface area contributed by atoms with Crippen LogP contribution >= 0.6 is 11.6 Å². The van der Waals surface area contributed by atoms with Crippen molar-refractivity contribution in [2.75, 3.05) is 18.4 Å². The Balaban J connectivity index is 1.59. The van der Waals surface area contributed by atoms with Gasteiger partial charge in [-0.1, -0.05) is 17.7 Å². The molecule has 0 fully saturated rings. The predicted molar refractivity (Wildman–Crippen MR) is 95.6 cm³/mol. The van der Waals surface area contributed by atoms with Gasteiger partial charge in [-0.3, -0.25) is 4.98 Å². The van der Waals surface area contributed by atoms with Gasteiger partial charge in [0, 0.05) is 25.0 Å². The molecule has 142 valence electrons. The van der Waals surface area contributed by atoms with E-state index >= 15 is 0 Å². The molecular weight excluding hydrogens is 383 g/mol. The van der Waals surface area contributed by atoms with Gasteiger partial charge in [0.05, 0.1) is 10.7 Å². The van der Waals surface area contributed by atoms with Crippen molar-refractivity contribution in [1.82, 2.24) is 9.88 Å². The van der Waals surface area contributed by atoms with Crippen molar-refractivity contribution in [2.45, 2.75) is 12.8 Å². The number of benzene rings is 1. The Kier molecular flexibility index (Phi) is 5.55. The minimum atomic E-state index is -4.75. The largest absolute Gasteiger partial charge is 0.573 e. The van der Waals surface area contributed by atoms with Crippen LogP contribution in [0.15, 0.2) is 48.7 Å². The number of carbonyl (C=O) groups is 1. The zero-order valence-corrected chi connectivity index (χ0v) is 14.7. The molecule has 1 aromatic carbocycles. The molecule has 0 atom stereocenters. The first-order valence-corrected chi connectivity index (χ1v) is 8.41. The van der Waals surface area contributed by atoms with Crippen molar-refractivity contribution in [1.29, 1.82) is 0 Å². The number of aromatic nitrogens is 1. The van der Waals surface area contributed by atoms with Gasteiger partial charge in [0.15, 0.2) is 0 Å². The zero-order valence-electron chi connectivity index (χ0n) is 14.0. The van der Waals surface area contributed by atoms with E-state index in [2.05, 4.69) is 15.0 Å². The minimum absolute atomic E-state index is 0.345. The molecule has 5 nitrogen and oxygen atoms in total. The summed E-state index contributed by atoms with van der Waals surface area (Å²) in [5.74, 6) is -0.349. The summed E-state index contributed by atoms with van der Waals surface area (Å²) in [7, 11) is 0. The van der Waals surface area contributed by atoms with E-state index < -0.39 is 6.36 Å². The summed E-state index contributed by atoms with van der Waals surface area (Å²) >= 11 is 6.14. The lowest BCUT2D eigenvalue weighted by atomic mass is 10.0. The van der Waals surface area contributed by atoms with Crippen LogP contribution in [0, 0.1) is 0 Å². The van der Waals surface area contributed by atoms with Crippen molar-refractivity contribution in [3.8, 4) is 5.75 Å². The highest BCUT2D eigenvalue weighted by Crippen LogP contribution is 2.27. The normalized spacial score (nSPS) is 14.5. The molecule has 2 aromatic rings. The third-order valence-corrected chi connectivity index (χ3v) is 4.20. The summed E-state index contributed by atoms with van der Waals surface area (Å²) in [5.41, 5.74) is 2.05. The van der Waals surface area contributed by atoms with E-state index in [0.717, 1.165) is 17.7 Å². The summed E-state index contributed by atoms with van der Waals surface area (Å²) < 4.78 is 40.3. The summed E-state index contributed by atoms with van der Waals surface area (Å²) in [4.78, 5) is 18.2. The summed E-state index contributed by atoms with van der Waals surface area (Å²) in [6.45, 7) is 0.850. The maximum Gasteiger partial charge on any atom is 0.573 e. The van der Waals surface area contributed by atoms with Crippen LogP contribution in [-0.2, 0) is 0 Å². The molecule has 1 aliphatic heterocycles. The fourth-order valence-corrected chi connectivity index (χ4v) is 2.88. The molecular formula is C18H15ClF3N3O2. The van der Waals surface area contributed by atoms with E-state index in [-0.39, 0.29) is 11.8 Å². The fourth-order valence-electron chi connectivity index (χ4n) is 2.63. The standard InChI is InChI=1S/C18H15ClF3N3O2/c19-15-2-1-9-23-16(15)12-7-10-25(11-8-12)17(26)24-13-3-5-14(6-4-13)27-18(20,21)22/h1-7,9H,8,10-11H2,(H,24,26). The van der Waals surface area contributed by atoms with E-state index in [1.54, 1.807) is 23.2 Å². The van der Waals surface area contributed by atoms with Crippen LogP contribution in [0.2, 0.25) is 5.02 Å². The maximum atomic E-state index is 12.3. The van der Waals surface area contributed by atoms with Gasteiger partial charge in [-0.15, -0.1) is 13.2 Å².